The molecule has 1 aliphatic rings. The molecule has 5 nitrogen and oxygen atoms in total. The molecule has 0 bridgehead atoms. The van der Waals surface area contributed by atoms with E-state index in [1.165, 1.54) is 0 Å². The quantitative estimate of drug-likeness (QED) is 0.651. The molecule has 1 heterocycles. The molecule has 3 aromatic carbocycles. The van der Waals surface area contributed by atoms with Gasteiger partial charge in [0.1, 0.15) is 0 Å². The lowest BCUT2D eigenvalue weighted by Gasteiger charge is -2.22. The largest absolute Gasteiger partial charge is 0.370 e. The molecule has 152 valence electrons. The number of amides is 2. The topological polar surface area (TPSA) is 75.4 Å². The molecule has 1 fully saturated rings. The van der Waals surface area contributed by atoms with Gasteiger partial charge in [-0.05, 0) is 47.7 Å². The summed E-state index contributed by atoms with van der Waals surface area (Å²) >= 11 is 0. The van der Waals surface area contributed by atoms with Crippen molar-refractivity contribution in [3.63, 3.8) is 0 Å². The molecule has 4 rings (SSSR count). The third-order valence-corrected chi connectivity index (χ3v) is 5.43. The minimum atomic E-state index is -0.505. The Hall–Kier alpha value is -3.60. The summed E-state index contributed by atoms with van der Waals surface area (Å²) in [6, 6.07) is 23.4. The second kappa shape index (κ2) is 8.82. The van der Waals surface area contributed by atoms with Gasteiger partial charge in [0, 0.05) is 18.7 Å². The Morgan fingerprint density at radius 3 is 2.20 bits per heavy atom. The SMILES string of the molecule is NC(=O)c1ccc(N2CCCC2)c(NC(=O)Cc2ccc(-c3ccccc3)cc2)c1. The monoisotopic (exact) mass is 399 g/mol. The Balaban J connectivity index is 1.49. The molecule has 1 aliphatic heterocycles. The highest BCUT2D eigenvalue weighted by Crippen LogP contribution is 2.30. The number of hydrogen-bond acceptors (Lipinski definition) is 3. The van der Waals surface area contributed by atoms with Crippen LogP contribution in [0.2, 0.25) is 0 Å². The van der Waals surface area contributed by atoms with Crippen LogP contribution in [0.15, 0.2) is 72.8 Å². The summed E-state index contributed by atoms with van der Waals surface area (Å²) in [5, 5.41) is 2.99. The molecule has 1 saturated heterocycles. The first-order valence-electron chi connectivity index (χ1n) is 10.2. The second-order valence-electron chi connectivity index (χ2n) is 7.58. The molecule has 0 aliphatic carbocycles. The van der Waals surface area contributed by atoms with E-state index in [2.05, 4.69) is 22.3 Å². The molecular weight excluding hydrogens is 374 g/mol. The number of rotatable bonds is 6. The number of nitrogens with zero attached hydrogens (tertiary/aromatic N) is 1. The van der Waals surface area contributed by atoms with Gasteiger partial charge in [0.15, 0.2) is 0 Å². The Labute approximate surface area is 176 Å². The summed E-state index contributed by atoms with van der Waals surface area (Å²) in [7, 11) is 0. The van der Waals surface area contributed by atoms with E-state index >= 15 is 0 Å². The molecule has 30 heavy (non-hydrogen) atoms. The van der Waals surface area contributed by atoms with E-state index in [0.29, 0.717) is 11.3 Å². The first-order chi connectivity index (χ1) is 14.6. The van der Waals surface area contributed by atoms with Gasteiger partial charge in [-0.15, -0.1) is 0 Å². The van der Waals surface area contributed by atoms with E-state index in [1.807, 2.05) is 48.5 Å². The van der Waals surface area contributed by atoms with Gasteiger partial charge >= 0.3 is 0 Å². The minimum absolute atomic E-state index is 0.121. The highest BCUT2D eigenvalue weighted by molar-refractivity contribution is 6.00. The number of primary amides is 1. The van der Waals surface area contributed by atoms with Crippen molar-refractivity contribution < 1.29 is 9.59 Å². The number of carbonyl (C=O) groups excluding carboxylic acids is 2. The summed E-state index contributed by atoms with van der Waals surface area (Å²) in [6.07, 6.45) is 2.51. The van der Waals surface area contributed by atoms with Crippen LogP contribution in [0.4, 0.5) is 11.4 Å². The van der Waals surface area contributed by atoms with Crippen molar-refractivity contribution in [1.29, 1.82) is 0 Å². The first-order valence-corrected chi connectivity index (χ1v) is 10.2. The van der Waals surface area contributed by atoms with Crippen LogP contribution in [0.3, 0.4) is 0 Å². The Bertz CT molecular complexity index is 1040. The number of benzene rings is 3. The van der Waals surface area contributed by atoms with Crippen LogP contribution < -0.4 is 16.0 Å². The van der Waals surface area contributed by atoms with Crippen molar-refractivity contribution in [3.8, 4) is 11.1 Å². The summed E-state index contributed by atoms with van der Waals surface area (Å²) in [4.78, 5) is 26.6. The lowest BCUT2D eigenvalue weighted by Crippen LogP contribution is -2.22. The lowest BCUT2D eigenvalue weighted by molar-refractivity contribution is -0.115. The van der Waals surface area contributed by atoms with Crippen molar-refractivity contribution in [2.45, 2.75) is 19.3 Å². The molecule has 3 aromatic rings. The van der Waals surface area contributed by atoms with Crippen LogP contribution in [-0.4, -0.2) is 24.9 Å². The number of carbonyl (C=O) groups is 2. The van der Waals surface area contributed by atoms with Gasteiger partial charge in [0.2, 0.25) is 11.8 Å². The van der Waals surface area contributed by atoms with Gasteiger partial charge in [-0.1, -0.05) is 54.6 Å². The number of anilines is 2. The number of nitrogens with one attached hydrogen (secondary N) is 1. The second-order valence-corrected chi connectivity index (χ2v) is 7.58. The standard InChI is InChI=1S/C25H25N3O2/c26-25(30)21-12-13-23(28-14-4-5-15-28)22(17-21)27-24(29)16-18-8-10-20(11-9-18)19-6-2-1-3-7-19/h1-3,6-13,17H,4-5,14-16H2,(H2,26,30)(H,27,29). The molecule has 0 saturated carbocycles. The Kier molecular flexibility index (Phi) is 5.80. The average molecular weight is 399 g/mol. The van der Waals surface area contributed by atoms with E-state index < -0.39 is 5.91 Å². The molecule has 0 atom stereocenters. The Morgan fingerprint density at radius 1 is 0.867 bits per heavy atom. The highest BCUT2D eigenvalue weighted by atomic mass is 16.2. The molecule has 5 heteroatoms. The van der Waals surface area contributed by atoms with Gasteiger partial charge in [0.05, 0.1) is 17.8 Å². The maximum atomic E-state index is 12.7. The van der Waals surface area contributed by atoms with E-state index in [9.17, 15) is 9.59 Å². The molecule has 0 spiro atoms. The molecule has 0 unspecified atom stereocenters. The minimum Gasteiger partial charge on any atom is -0.370 e. The van der Waals surface area contributed by atoms with E-state index in [0.717, 1.165) is 48.3 Å². The average Bonchev–Trinajstić information content (AvgIpc) is 3.29. The summed E-state index contributed by atoms with van der Waals surface area (Å²) < 4.78 is 0. The fourth-order valence-corrected chi connectivity index (χ4v) is 3.85. The number of hydrogen-bond donors (Lipinski definition) is 2. The van der Waals surface area contributed by atoms with Crippen molar-refractivity contribution in [2.24, 2.45) is 5.73 Å². The van der Waals surface area contributed by atoms with E-state index in [4.69, 9.17) is 5.73 Å². The van der Waals surface area contributed by atoms with Gasteiger partial charge in [-0.25, -0.2) is 0 Å². The van der Waals surface area contributed by atoms with Crippen LogP contribution in [-0.2, 0) is 11.2 Å². The van der Waals surface area contributed by atoms with Gasteiger partial charge in [-0.3, -0.25) is 9.59 Å². The predicted octanol–water partition coefficient (Wildman–Crippen LogP) is 4.23. The predicted molar refractivity (Wildman–Crippen MR) is 121 cm³/mol. The lowest BCUT2D eigenvalue weighted by atomic mass is 10.0. The summed E-state index contributed by atoms with van der Waals surface area (Å²) in [5.41, 5.74) is 10.6. The summed E-state index contributed by atoms with van der Waals surface area (Å²) in [6.45, 7) is 1.89. The molecule has 0 radical (unpaired) electrons. The molecular formula is C25H25N3O2. The maximum absolute atomic E-state index is 12.7. The van der Waals surface area contributed by atoms with E-state index in [1.54, 1.807) is 12.1 Å². The van der Waals surface area contributed by atoms with Crippen molar-refractivity contribution in [1.82, 2.24) is 0 Å². The van der Waals surface area contributed by atoms with Crippen LogP contribution in [0.1, 0.15) is 28.8 Å². The highest BCUT2D eigenvalue weighted by Gasteiger charge is 2.18. The maximum Gasteiger partial charge on any atom is 0.248 e. The van der Waals surface area contributed by atoms with Crippen molar-refractivity contribution >= 4 is 23.2 Å². The van der Waals surface area contributed by atoms with Crippen LogP contribution in [0.5, 0.6) is 0 Å². The summed E-state index contributed by atoms with van der Waals surface area (Å²) in [5.74, 6) is -0.625. The van der Waals surface area contributed by atoms with E-state index in [-0.39, 0.29) is 12.3 Å². The van der Waals surface area contributed by atoms with Gasteiger partial charge < -0.3 is 16.0 Å². The van der Waals surface area contributed by atoms with Gasteiger partial charge in [-0.2, -0.15) is 0 Å². The smallest absolute Gasteiger partial charge is 0.248 e. The van der Waals surface area contributed by atoms with Crippen LogP contribution >= 0.6 is 0 Å². The molecule has 0 aromatic heterocycles. The molecule has 2 amide bonds. The fourth-order valence-electron chi connectivity index (χ4n) is 3.85. The van der Waals surface area contributed by atoms with Crippen molar-refractivity contribution in [2.75, 3.05) is 23.3 Å². The Morgan fingerprint density at radius 2 is 1.53 bits per heavy atom. The zero-order valence-electron chi connectivity index (χ0n) is 16.8. The normalized spacial score (nSPS) is 13.3. The van der Waals surface area contributed by atoms with Gasteiger partial charge in [0.25, 0.3) is 0 Å². The van der Waals surface area contributed by atoms with Crippen LogP contribution in [0, 0.1) is 0 Å². The zero-order valence-corrected chi connectivity index (χ0v) is 16.8. The first kappa shape index (κ1) is 19.7. The number of nitrogens with two attached hydrogens (primary N) is 1. The van der Waals surface area contributed by atoms with Crippen LogP contribution in [0.25, 0.3) is 11.1 Å². The fraction of sp³-hybridized carbons (Fsp3) is 0.200. The third kappa shape index (κ3) is 4.51. The molecule has 3 N–H and O–H groups in total. The van der Waals surface area contributed by atoms with Crippen molar-refractivity contribution in [3.05, 3.63) is 83.9 Å². The third-order valence-electron chi connectivity index (χ3n) is 5.43. The zero-order chi connectivity index (χ0) is 20.9.